The van der Waals surface area contributed by atoms with Crippen LogP contribution in [0.3, 0.4) is 0 Å². The summed E-state index contributed by atoms with van der Waals surface area (Å²) in [5, 5.41) is 0. The quantitative estimate of drug-likeness (QED) is 0.607. The van der Waals surface area contributed by atoms with Gasteiger partial charge < -0.3 is 9.47 Å². The van der Waals surface area contributed by atoms with Gasteiger partial charge in [-0.15, -0.1) is 0 Å². The van der Waals surface area contributed by atoms with Crippen LogP contribution in [0.4, 0.5) is 0 Å². The first kappa shape index (κ1) is 8.37. The van der Waals surface area contributed by atoms with Crippen LogP contribution < -0.4 is 0 Å². The van der Waals surface area contributed by atoms with E-state index < -0.39 is 0 Å². The van der Waals surface area contributed by atoms with E-state index in [1.165, 1.54) is 0 Å². The summed E-state index contributed by atoms with van der Waals surface area (Å²) in [7, 11) is 0. The molecule has 0 unspecified atom stereocenters. The van der Waals surface area contributed by atoms with Crippen LogP contribution in [0, 0.1) is 5.92 Å². The zero-order valence-corrected chi connectivity index (χ0v) is 7.33. The molecule has 0 aromatic carbocycles. The molecule has 0 N–H and O–H groups in total. The first-order valence-corrected chi connectivity index (χ1v) is 4.07. The highest BCUT2D eigenvalue weighted by Crippen LogP contribution is 2.13. The lowest BCUT2D eigenvalue weighted by atomic mass is 10.1. The summed E-state index contributed by atoms with van der Waals surface area (Å²) in [6, 6.07) is 0.288. The van der Waals surface area contributed by atoms with Crippen molar-refractivity contribution < 1.29 is 9.47 Å². The number of hydrogen-bond acceptors (Lipinski definition) is 3. The van der Waals surface area contributed by atoms with Crippen LogP contribution in [0.5, 0.6) is 0 Å². The molecule has 0 fully saturated rings. The highest BCUT2D eigenvalue weighted by atomic mass is 16.7. The summed E-state index contributed by atoms with van der Waals surface area (Å²) < 4.78 is 10.3. The number of aliphatic imine (C=N–C) groups is 1. The fourth-order valence-corrected chi connectivity index (χ4v) is 0.911. The zero-order chi connectivity index (χ0) is 8.27. The molecule has 0 aliphatic carbocycles. The summed E-state index contributed by atoms with van der Waals surface area (Å²) in [5.74, 6) is 0.535. The molecule has 3 nitrogen and oxygen atoms in total. The molecule has 0 radical (unpaired) electrons. The second-order valence-corrected chi connectivity index (χ2v) is 2.95. The largest absolute Gasteiger partial charge is 0.451 e. The minimum atomic E-state index is 0.288. The van der Waals surface area contributed by atoms with Crippen molar-refractivity contribution in [1.82, 2.24) is 0 Å². The summed E-state index contributed by atoms with van der Waals surface area (Å²) in [5.41, 5.74) is 0. The average molecular weight is 157 g/mol. The standard InChI is InChI=1S/C8H15NO2/c1-4-10-8-9-7(5-11-8)6(2)3/h6-7H,4-5H2,1-3H3/t7-/m1/s1. The topological polar surface area (TPSA) is 30.8 Å². The van der Waals surface area contributed by atoms with Gasteiger partial charge in [0.1, 0.15) is 6.61 Å². The van der Waals surface area contributed by atoms with Crippen molar-refractivity contribution in [3.8, 4) is 0 Å². The smallest absolute Gasteiger partial charge is 0.383 e. The van der Waals surface area contributed by atoms with Crippen LogP contribution in [0.25, 0.3) is 0 Å². The third-order valence-corrected chi connectivity index (χ3v) is 1.69. The number of rotatable bonds is 2. The normalized spacial score (nSPS) is 23.3. The molecular formula is C8H15NO2. The zero-order valence-electron chi connectivity index (χ0n) is 7.33. The van der Waals surface area contributed by atoms with Crippen LogP contribution in [0.2, 0.25) is 0 Å². The minimum absolute atomic E-state index is 0.288. The van der Waals surface area contributed by atoms with E-state index in [0.717, 1.165) is 0 Å². The molecule has 1 aliphatic heterocycles. The molecule has 64 valence electrons. The van der Waals surface area contributed by atoms with Crippen LogP contribution in [-0.2, 0) is 9.47 Å². The van der Waals surface area contributed by atoms with Gasteiger partial charge in [-0.2, -0.15) is 0 Å². The summed E-state index contributed by atoms with van der Waals surface area (Å²) in [4.78, 5) is 4.25. The van der Waals surface area contributed by atoms with E-state index in [1.54, 1.807) is 0 Å². The molecule has 1 atom stereocenters. The van der Waals surface area contributed by atoms with Crippen molar-refractivity contribution in [3.63, 3.8) is 0 Å². The lowest BCUT2D eigenvalue weighted by molar-refractivity contribution is 0.188. The first-order chi connectivity index (χ1) is 5.24. The minimum Gasteiger partial charge on any atom is -0.451 e. The van der Waals surface area contributed by atoms with Gasteiger partial charge in [0.05, 0.1) is 12.6 Å². The van der Waals surface area contributed by atoms with Gasteiger partial charge in [-0.3, -0.25) is 0 Å². The van der Waals surface area contributed by atoms with E-state index >= 15 is 0 Å². The fraction of sp³-hybridized carbons (Fsp3) is 0.875. The molecule has 0 aromatic heterocycles. The lowest BCUT2D eigenvalue weighted by Crippen LogP contribution is -2.13. The van der Waals surface area contributed by atoms with Gasteiger partial charge in [0.2, 0.25) is 0 Å². The van der Waals surface area contributed by atoms with Gasteiger partial charge in [-0.05, 0) is 12.8 Å². The number of nitrogens with zero attached hydrogens (tertiary/aromatic N) is 1. The van der Waals surface area contributed by atoms with E-state index in [-0.39, 0.29) is 6.04 Å². The molecule has 1 rings (SSSR count). The van der Waals surface area contributed by atoms with E-state index in [2.05, 4.69) is 18.8 Å². The van der Waals surface area contributed by atoms with Crippen LogP contribution >= 0.6 is 0 Å². The van der Waals surface area contributed by atoms with Gasteiger partial charge in [-0.1, -0.05) is 13.8 Å². The number of ether oxygens (including phenoxy) is 2. The van der Waals surface area contributed by atoms with E-state index in [4.69, 9.17) is 9.47 Å². The molecule has 0 aromatic rings. The van der Waals surface area contributed by atoms with Crippen LogP contribution in [-0.4, -0.2) is 25.3 Å². The van der Waals surface area contributed by atoms with Gasteiger partial charge in [0, 0.05) is 0 Å². The summed E-state index contributed by atoms with van der Waals surface area (Å²) >= 11 is 0. The number of hydrogen-bond donors (Lipinski definition) is 0. The van der Waals surface area contributed by atoms with Crippen molar-refractivity contribution in [2.24, 2.45) is 10.9 Å². The van der Waals surface area contributed by atoms with Gasteiger partial charge in [-0.25, -0.2) is 4.99 Å². The Hall–Kier alpha value is -0.730. The molecular weight excluding hydrogens is 142 g/mol. The summed E-state index contributed by atoms with van der Waals surface area (Å²) in [6.45, 7) is 7.49. The first-order valence-electron chi connectivity index (χ1n) is 4.07. The fourth-order valence-electron chi connectivity index (χ4n) is 0.911. The van der Waals surface area contributed by atoms with E-state index in [0.29, 0.717) is 25.2 Å². The van der Waals surface area contributed by atoms with Gasteiger partial charge >= 0.3 is 6.08 Å². The Bertz CT molecular complexity index is 154. The van der Waals surface area contributed by atoms with Crippen molar-refractivity contribution in [1.29, 1.82) is 0 Å². The predicted octanol–water partition coefficient (Wildman–Crippen LogP) is 1.43. The predicted molar refractivity (Wildman–Crippen MR) is 43.6 cm³/mol. The Morgan fingerprint density at radius 2 is 2.45 bits per heavy atom. The van der Waals surface area contributed by atoms with Crippen molar-refractivity contribution in [3.05, 3.63) is 0 Å². The van der Waals surface area contributed by atoms with E-state index in [9.17, 15) is 0 Å². The Labute approximate surface area is 67.4 Å². The second kappa shape index (κ2) is 3.60. The maximum absolute atomic E-state index is 5.20. The molecule has 0 saturated carbocycles. The van der Waals surface area contributed by atoms with Crippen LogP contribution in [0.1, 0.15) is 20.8 Å². The highest BCUT2D eigenvalue weighted by molar-refractivity contribution is 5.68. The van der Waals surface area contributed by atoms with Crippen LogP contribution in [0.15, 0.2) is 4.99 Å². The molecule has 1 aliphatic rings. The van der Waals surface area contributed by atoms with Gasteiger partial charge in [0.25, 0.3) is 0 Å². The average Bonchev–Trinajstić information content (AvgIpc) is 2.37. The summed E-state index contributed by atoms with van der Waals surface area (Å²) in [6.07, 6.45) is 0.464. The Balaban J connectivity index is 2.40. The van der Waals surface area contributed by atoms with Crippen molar-refractivity contribution >= 4 is 6.08 Å². The second-order valence-electron chi connectivity index (χ2n) is 2.95. The molecule has 0 amide bonds. The Morgan fingerprint density at radius 1 is 1.73 bits per heavy atom. The molecule has 0 spiro atoms. The highest BCUT2D eigenvalue weighted by Gasteiger charge is 2.22. The molecule has 11 heavy (non-hydrogen) atoms. The molecule has 3 heteroatoms. The Kier molecular flexibility index (Phi) is 2.74. The van der Waals surface area contributed by atoms with Crippen molar-refractivity contribution in [2.75, 3.05) is 13.2 Å². The molecule has 0 saturated heterocycles. The Morgan fingerprint density at radius 3 is 2.91 bits per heavy atom. The van der Waals surface area contributed by atoms with Crippen molar-refractivity contribution in [2.45, 2.75) is 26.8 Å². The monoisotopic (exact) mass is 157 g/mol. The van der Waals surface area contributed by atoms with E-state index in [1.807, 2.05) is 6.92 Å². The SMILES string of the molecule is CCOC1=N[C@@H](C(C)C)CO1. The molecule has 0 bridgehead atoms. The maximum Gasteiger partial charge on any atom is 0.383 e. The lowest BCUT2D eigenvalue weighted by Gasteiger charge is -2.06. The molecule has 1 heterocycles. The van der Waals surface area contributed by atoms with Gasteiger partial charge in [0.15, 0.2) is 0 Å². The third-order valence-electron chi connectivity index (χ3n) is 1.69. The third kappa shape index (κ3) is 2.10. The maximum atomic E-state index is 5.20.